The first-order chi connectivity index (χ1) is 9.66. The molecule has 0 aliphatic carbocycles. The minimum atomic E-state index is -0.904. The smallest absolute Gasteiger partial charge is 0.331 e. The molecule has 1 aromatic heterocycles. The Balaban J connectivity index is 2.07. The summed E-state index contributed by atoms with van der Waals surface area (Å²) < 4.78 is 0. The SMILES string of the molecule is O=C(O)C1c2ccccc2CCN1c1cncc(Cl)n1. The van der Waals surface area contributed by atoms with Crippen LogP contribution < -0.4 is 4.90 Å². The molecule has 0 fully saturated rings. The Morgan fingerprint density at radius 3 is 2.90 bits per heavy atom. The van der Waals surface area contributed by atoms with Crippen molar-refractivity contribution in [2.75, 3.05) is 11.4 Å². The van der Waals surface area contributed by atoms with Gasteiger partial charge in [0.1, 0.15) is 11.0 Å². The molecule has 0 bridgehead atoms. The summed E-state index contributed by atoms with van der Waals surface area (Å²) in [6.45, 7) is 0.572. The normalized spacial score (nSPS) is 17.6. The fraction of sp³-hybridized carbons (Fsp3) is 0.214. The number of fused-ring (bicyclic) bond motifs is 1. The Morgan fingerprint density at radius 1 is 1.35 bits per heavy atom. The Hall–Kier alpha value is -2.14. The Labute approximate surface area is 120 Å². The minimum Gasteiger partial charge on any atom is -0.479 e. The summed E-state index contributed by atoms with van der Waals surface area (Å²) in [7, 11) is 0. The highest BCUT2D eigenvalue weighted by Crippen LogP contribution is 2.33. The zero-order chi connectivity index (χ0) is 14.1. The van der Waals surface area contributed by atoms with E-state index in [2.05, 4.69) is 9.97 Å². The Bertz CT molecular complexity index is 662. The topological polar surface area (TPSA) is 66.3 Å². The standard InChI is InChI=1S/C14H12ClN3O2/c15-11-7-16-8-12(17-11)18-6-5-9-3-1-2-4-10(9)13(18)14(19)20/h1-4,7-8,13H,5-6H2,(H,19,20). The molecule has 1 unspecified atom stereocenters. The van der Waals surface area contributed by atoms with Crippen LogP contribution in [0, 0.1) is 0 Å². The number of hydrogen-bond donors (Lipinski definition) is 1. The molecule has 5 nitrogen and oxygen atoms in total. The van der Waals surface area contributed by atoms with Crippen LogP contribution >= 0.6 is 11.6 Å². The van der Waals surface area contributed by atoms with Crippen LogP contribution in [0.5, 0.6) is 0 Å². The lowest BCUT2D eigenvalue weighted by Crippen LogP contribution is -2.40. The van der Waals surface area contributed by atoms with Gasteiger partial charge >= 0.3 is 5.97 Å². The predicted molar refractivity (Wildman–Crippen MR) is 74.9 cm³/mol. The monoisotopic (exact) mass is 289 g/mol. The number of nitrogens with zero attached hydrogens (tertiary/aromatic N) is 3. The molecule has 1 atom stereocenters. The zero-order valence-corrected chi connectivity index (χ0v) is 11.3. The molecule has 0 saturated carbocycles. The van der Waals surface area contributed by atoms with Crippen molar-refractivity contribution in [3.8, 4) is 0 Å². The lowest BCUT2D eigenvalue weighted by Gasteiger charge is -2.35. The van der Waals surface area contributed by atoms with Gasteiger partial charge in [-0.15, -0.1) is 0 Å². The van der Waals surface area contributed by atoms with Crippen LogP contribution in [0.25, 0.3) is 0 Å². The third-order valence-electron chi connectivity index (χ3n) is 3.40. The maximum Gasteiger partial charge on any atom is 0.331 e. The van der Waals surface area contributed by atoms with Crippen LogP contribution in [-0.4, -0.2) is 27.6 Å². The molecule has 0 spiro atoms. The van der Waals surface area contributed by atoms with Gasteiger partial charge < -0.3 is 10.0 Å². The Kier molecular flexibility index (Phi) is 3.28. The molecule has 1 N–H and O–H groups in total. The van der Waals surface area contributed by atoms with Gasteiger partial charge in [0.2, 0.25) is 0 Å². The van der Waals surface area contributed by atoms with Crippen molar-refractivity contribution < 1.29 is 9.90 Å². The van der Waals surface area contributed by atoms with E-state index in [1.54, 1.807) is 4.90 Å². The number of carboxylic acid groups (broad SMARTS) is 1. The van der Waals surface area contributed by atoms with E-state index in [1.165, 1.54) is 12.4 Å². The highest BCUT2D eigenvalue weighted by molar-refractivity contribution is 6.29. The van der Waals surface area contributed by atoms with Crippen LogP contribution in [0.2, 0.25) is 5.15 Å². The molecule has 3 rings (SSSR count). The van der Waals surface area contributed by atoms with Crippen LogP contribution in [-0.2, 0) is 11.2 Å². The second-order valence-corrected chi connectivity index (χ2v) is 4.97. The van der Waals surface area contributed by atoms with Gasteiger partial charge in [0.15, 0.2) is 6.04 Å². The number of aromatic nitrogens is 2. The number of rotatable bonds is 2. The number of benzene rings is 1. The number of halogens is 1. The highest BCUT2D eigenvalue weighted by Gasteiger charge is 2.33. The molecular formula is C14H12ClN3O2. The summed E-state index contributed by atoms with van der Waals surface area (Å²) in [4.78, 5) is 21.5. The lowest BCUT2D eigenvalue weighted by molar-refractivity contribution is -0.138. The van der Waals surface area contributed by atoms with E-state index >= 15 is 0 Å². The summed E-state index contributed by atoms with van der Waals surface area (Å²) >= 11 is 5.84. The molecule has 0 radical (unpaired) electrons. The van der Waals surface area contributed by atoms with Crippen LogP contribution in [0.15, 0.2) is 36.7 Å². The molecule has 2 aromatic rings. The molecule has 0 amide bonds. The van der Waals surface area contributed by atoms with Gasteiger partial charge in [-0.25, -0.2) is 9.78 Å². The van der Waals surface area contributed by atoms with E-state index in [9.17, 15) is 9.90 Å². The number of carbonyl (C=O) groups is 1. The van der Waals surface area contributed by atoms with Crippen molar-refractivity contribution in [1.29, 1.82) is 0 Å². The van der Waals surface area contributed by atoms with Gasteiger partial charge in [-0.3, -0.25) is 4.98 Å². The van der Waals surface area contributed by atoms with Crippen molar-refractivity contribution in [3.05, 3.63) is 52.9 Å². The maximum absolute atomic E-state index is 11.7. The van der Waals surface area contributed by atoms with Gasteiger partial charge in [0.25, 0.3) is 0 Å². The molecule has 1 aromatic carbocycles. The Morgan fingerprint density at radius 2 is 2.15 bits per heavy atom. The molecule has 20 heavy (non-hydrogen) atoms. The molecule has 2 heterocycles. The third kappa shape index (κ3) is 2.20. The van der Waals surface area contributed by atoms with Crippen LogP contribution in [0.4, 0.5) is 5.82 Å². The third-order valence-corrected chi connectivity index (χ3v) is 3.59. The molecule has 1 aliphatic heterocycles. The van der Waals surface area contributed by atoms with E-state index < -0.39 is 12.0 Å². The minimum absolute atomic E-state index is 0.255. The number of anilines is 1. The number of aliphatic carboxylic acids is 1. The summed E-state index contributed by atoms with van der Waals surface area (Å²) in [5, 5.41) is 9.82. The highest BCUT2D eigenvalue weighted by atomic mass is 35.5. The fourth-order valence-corrected chi connectivity index (χ4v) is 2.69. The largest absolute Gasteiger partial charge is 0.479 e. The van der Waals surface area contributed by atoms with Crippen molar-refractivity contribution in [3.63, 3.8) is 0 Å². The van der Waals surface area contributed by atoms with Gasteiger partial charge in [0.05, 0.1) is 12.4 Å². The second-order valence-electron chi connectivity index (χ2n) is 4.58. The molecule has 102 valence electrons. The van der Waals surface area contributed by atoms with Crippen molar-refractivity contribution >= 4 is 23.4 Å². The number of hydrogen-bond acceptors (Lipinski definition) is 4. The van der Waals surface area contributed by atoms with Crippen molar-refractivity contribution in [1.82, 2.24) is 9.97 Å². The maximum atomic E-state index is 11.7. The average Bonchev–Trinajstić information content (AvgIpc) is 2.45. The van der Waals surface area contributed by atoms with Crippen molar-refractivity contribution in [2.45, 2.75) is 12.5 Å². The molecular weight excluding hydrogens is 278 g/mol. The van der Waals surface area contributed by atoms with Gasteiger partial charge in [0, 0.05) is 6.54 Å². The summed E-state index contributed by atoms with van der Waals surface area (Å²) in [6, 6.07) is 6.83. The first-order valence-electron chi connectivity index (χ1n) is 6.21. The fourth-order valence-electron chi connectivity index (χ4n) is 2.55. The van der Waals surface area contributed by atoms with Gasteiger partial charge in [-0.2, -0.15) is 0 Å². The number of carboxylic acids is 1. The molecule has 6 heteroatoms. The summed E-state index contributed by atoms with van der Waals surface area (Å²) in [5.41, 5.74) is 1.86. The van der Waals surface area contributed by atoms with Crippen LogP contribution in [0.1, 0.15) is 17.2 Å². The zero-order valence-electron chi connectivity index (χ0n) is 10.5. The molecule has 1 aliphatic rings. The van der Waals surface area contributed by atoms with E-state index in [4.69, 9.17) is 11.6 Å². The quantitative estimate of drug-likeness (QED) is 0.919. The van der Waals surface area contributed by atoms with E-state index in [-0.39, 0.29) is 5.15 Å². The predicted octanol–water partition coefficient (Wildman–Crippen LogP) is 2.32. The van der Waals surface area contributed by atoms with Gasteiger partial charge in [-0.1, -0.05) is 35.9 Å². The average molecular weight is 290 g/mol. The van der Waals surface area contributed by atoms with E-state index in [0.29, 0.717) is 12.4 Å². The summed E-state index contributed by atoms with van der Waals surface area (Å²) in [5.74, 6) is -0.418. The second kappa shape index (κ2) is 5.09. The lowest BCUT2D eigenvalue weighted by atomic mass is 9.92. The van der Waals surface area contributed by atoms with Crippen molar-refractivity contribution in [2.24, 2.45) is 0 Å². The summed E-state index contributed by atoms with van der Waals surface area (Å²) in [6.07, 6.45) is 3.74. The first-order valence-corrected chi connectivity index (χ1v) is 6.59. The van der Waals surface area contributed by atoms with Gasteiger partial charge in [-0.05, 0) is 17.5 Å². The first kappa shape index (κ1) is 12.9. The molecule has 0 saturated heterocycles. The van der Waals surface area contributed by atoms with E-state index in [0.717, 1.165) is 17.5 Å². The van der Waals surface area contributed by atoms with Crippen LogP contribution in [0.3, 0.4) is 0 Å². The van der Waals surface area contributed by atoms with E-state index in [1.807, 2.05) is 24.3 Å².